The molecule has 0 N–H and O–H groups in total. The Kier molecular flexibility index (Phi) is 8.68. The van der Waals surface area contributed by atoms with Gasteiger partial charge in [0.05, 0.1) is 23.3 Å². The van der Waals surface area contributed by atoms with Crippen LogP contribution in [0.15, 0.2) is 72.8 Å². The Balaban J connectivity index is 0.000000227. The third kappa shape index (κ3) is 5.94. The fourth-order valence-electron chi connectivity index (χ4n) is 2.80. The number of benzene rings is 2. The monoisotopic (exact) mass is 570 g/mol. The molecule has 0 radical (unpaired) electrons. The number of carboxylic acid groups (broad SMARTS) is 2. The molecular formula is C22H12BaN2O8. The first-order chi connectivity index (χ1) is 15.2. The Morgan fingerprint density at radius 3 is 0.970 bits per heavy atom. The minimum absolute atomic E-state index is 0. The van der Waals surface area contributed by atoms with Crippen molar-refractivity contribution in [1.29, 1.82) is 0 Å². The van der Waals surface area contributed by atoms with Gasteiger partial charge in [-0.3, -0.25) is 19.2 Å². The summed E-state index contributed by atoms with van der Waals surface area (Å²) in [6.07, 6.45) is 4.65. The molecule has 0 spiro atoms. The summed E-state index contributed by atoms with van der Waals surface area (Å²) in [4.78, 5) is 68.1. The summed E-state index contributed by atoms with van der Waals surface area (Å²) in [6.45, 7) is 0. The first-order valence-corrected chi connectivity index (χ1v) is 8.94. The number of nitrogens with zero attached hydrogens (tertiary/aromatic N) is 2. The van der Waals surface area contributed by atoms with E-state index in [2.05, 4.69) is 0 Å². The first-order valence-electron chi connectivity index (χ1n) is 8.94. The number of imide groups is 2. The fraction of sp³-hybridized carbons (Fsp3) is 0. The number of hydrogen-bond acceptors (Lipinski definition) is 8. The van der Waals surface area contributed by atoms with E-state index in [1.54, 1.807) is 0 Å². The topological polar surface area (TPSA) is 155 Å². The van der Waals surface area contributed by atoms with Crippen LogP contribution in [0.2, 0.25) is 0 Å². The van der Waals surface area contributed by atoms with Crippen LogP contribution in [0, 0.1) is 0 Å². The SMILES string of the molecule is O=C([O-])c1ccc(N2C(=O)C=CC2=O)cc1.O=C([O-])c1ccc(N2C(=O)C=CC2=O)cc1.[Ba+2]. The van der Waals surface area contributed by atoms with E-state index >= 15 is 0 Å². The maximum absolute atomic E-state index is 11.3. The van der Waals surface area contributed by atoms with Gasteiger partial charge < -0.3 is 19.8 Å². The molecule has 0 fully saturated rings. The predicted octanol–water partition coefficient (Wildman–Crippen LogP) is -1.42. The number of amides is 4. The molecule has 2 aliphatic rings. The van der Waals surface area contributed by atoms with Crippen molar-refractivity contribution in [2.75, 3.05) is 9.80 Å². The smallest absolute Gasteiger partial charge is 0.545 e. The van der Waals surface area contributed by atoms with Crippen molar-refractivity contribution in [1.82, 2.24) is 0 Å². The fourth-order valence-corrected chi connectivity index (χ4v) is 2.80. The predicted molar refractivity (Wildman–Crippen MR) is 111 cm³/mol. The Morgan fingerprint density at radius 1 is 0.515 bits per heavy atom. The zero-order valence-electron chi connectivity index (χ0n) is 16.8. The minimum atomic E-state index is -1.30. The van der Waals surface area contributed by atoms with Crippen LogP contribution in [0.5, 0.6) is 0 Å². The van der Waals surface area contributed by atoms with Gasteiger partial charge in [0, 0.05) is 24.3 Å². The van der Waals surface area contributed by atoms with E-state index in [9.17, 15) is 39.0 Å². The molecule has 11 heteroatoms. The second-order valence-electron chi connectivity index (χ2n) is 6.36. The van der Waals surface area contributed by atoms with Gasteiger partial charge in [0.2, 0.25) is 0 Å². The molecule has 2 heterocycles. The second kappa shape index (κ2) is 11.0. The van der Waals surface area contributed by atoms with Gasteiger partial charge in [-0.05, 0) is 35.4 Å². The second-order valence-corrected chi connectivity index (χ2v) is 6.36. The molecule has 10 nitrogen and oxygen atoms in total. The van der Waals surface area contributed by atoms with Crippen molar-refractivity contribution in [3.05, 3.63) is 84.0 Å². The average Bonchev–Trinajstić information content (AvgIpc) is 3.28. The summed E-state index contributed by atoms with van der Waals surface area (Å²) in [5.41, 5.74) is 0.668. The van der Waals surface area contributed by atoms with Crippen molar-refractivity contribution in [3.63, 3.8) is 0 Å². The molecule has 2 aromatic rings. The molecule has 0 aliphatic carbocycles. The van der Waals surface area contributed by atoms with Gasteiger partial charge in [-0.15, -0.1) is 0 Å². The third-order valence-electron chi connectivity index (χ3n) is 4.34. The Bertz CT molecular complexity index is 1070. The van der Waals surface area contributed by atoms with Gasteiger partial charge in [-0.25, -0.2) is 9.80 Å². The number of rotatable bonds is 4. The summed E-state index contributed by atoms with van der Waals surface area (Å²) >= 11 is 0. The van der Waals surface area contributed by atoms with E-state index in [4.69, 9.17) is 0 Å². The number of aromatic carboxylic acids is 2. The maximum atomic E-state index is 11.3. The summed E-state index contributed by atoms with van der Waals surface area (Å²) in [5.74, 6) is -4.36. The maximum Gasteiger partial charge on any atom is 2.00 e. The number of hydrogen-bond donors (Lipinski definition) is 0. The van der Waals surface area contributed by atoms with E-state index < -0.39 is 35.6 Å². The zero-order chi connectivity index (χ0) is 23.4. The Labute approximate surface area is 226 Å². The van der Waals surface area contributed by atoms with Gasteiger partial charge in [0.15, 0.2) is 0 Å². The number of carbonyl (C=O) groups excluding carboxylic acids is 6. The normalized spacial score (nSPS) is 14.2. The van der Waals surface area contributed by atoms with Crippen LogP contribution in [-0.4, -0.2) is 84.4 Å². The molecule has 4 amide bonds. The summed E-state index contributed by atoms with van der Waals surface area (Å²) in [6, 6.07) is 10.7. The van der Waals surface area contributed by atoms with Crippen LogP contribution in [0.25, 0.3) is 0 Å². The Morgan fingerprint density at radius 2 is 0.758 bits per heavy atom. The average molecular weight is 570 g/mol. The molecule has 4 rings (SSSR count). The first kappa shape index (κ1) is 26.0. The van der Waals surface area contributed by atoms with Crippen LogP contribution < -0.4 is 20.0 Å². The van der Waals surface area contributed by atoms with Crippen LogP contribution in [0.3, 0.4) is 0 Å². The van der Waals surface area contributed by atoms with Gasteiger partial charge in [-0.1, -0.05) is 24.3 Å². The quantitative estimate of drug-likeness (QED) is 0.321. The minimum Gasteiger partial charge on any atom is -0.545 e. The van der Waals surface area contributed by atoms with Crippen molar-refractivity contribution in [2.45, 2.75) is 0 Å². The molecule has 0 saturated heterocycles. The van der Waals surface area contributed by atoms with Gasteiger partial charge in [0.25, 0.3) is 23.6 Å². The molecule has 0 unspecified atom stereocenters. The number of carbonyl (C=O) groups is 6. The molecule has 2 aromatic carbocycles. The Hall–Kier alpha value is -3.29. The van der Waals surface area contributed by atoms with Crippen LogP contribution in [0.1, 0.15) is 20.7 Å². The van der Waals surface area contributed by atoms with Crippen molar-refractivity contribution < 1.29 is 39.0 Å². The molecule has 160 valence electrons. The van der Waals surface area contributed by atoms with Crippen LogP contribution in [-0.2, 0) is 19.2 Å². The largest absolute Gasteiger partial charge is 2.00 e. The van der Waals surface area contributed by atoms with Gasteiger partial charge >= 0.3 is 48.9 Å². The number of anilines is 2. The summed E-state index contributed by atoms with van der Waals surface area (Å²) in [5, 5.41) is 21.0. The molecule has 0 bridgehead atoms. The van der Waals surface area contributed by atoms with Crippen LogP contribution >= 0.6 is 0 Å². The molecule has 2 aliphatic heterocycles. The summed E-state index contributed by atoms with van der Waals surface area (Å²) < 4.78 is 0. The molecular weight excluding hydrogens is 558 g/mol. The van der Waals surface area contributed by atoms with E-state index in [1.807, 2.05) is 0 Å². The zero-order valence-corrected chi connectivity index (χ0v) is 21.2. The van der Waals surface area contributed by atoms with E-state index in [-0.39, 0.29) is 60.0 Å². The van der Waals surface area contributed by atoms with Crippen molar-refractivity contribution in [2.24, 2.45) is 0 Å². The van der Waals surface area contributed by atoms with E-state index in [1.165, 1.54) is 48.5 Å². The molecule has 0 atom stereocenters. The third-order valence-corrected chi connectivity index (χ3v) is 4.34. The van der Waals surface area contributed by atoms with E-state index in [0.29, 0.717) is 11.4 Å². The van der Waals surface area contributed by atoms with Crippen molar-refractivity contribution in [3.8, 4) is 0 Å². The standard InChI is InChI=1S/2C11H7NO4.Ba/c2*13-9-5-6-10(14)12(9)8-3-1-7(2-4-8)11(15)16;/h2*1-6H,(H,15,16);/q;;+2/p-2. The number of carboxylic acids is 2. The van der Waals surface area contributed by atoms with Gasteiger partial charge in [-0.2, -0.15) is 0 Å². The van der Waals surface area contributed by atoms with Crippen LogP contribution in [0.4, 0.5) is 11.4 Å². The molecule has 0 saturated carbocycles. The van der Waals surface area contributed by atoms with E-state index in [0.717, 1.165) is 34.1 Å². The van der Waals surface area contributed by atoms with Gasteiger partial charge in [0.1, 0.15) is 0 Å². The summed E-state index contributed by atoms with van der Waals surface area (Å²) in [7, 11) is 0. The molecule has 0 aromatic heterocycles. The molecule has 33 heavy (non-hydrogen) atoms. The van der Waals surface area contributed by atoms with Crippen molar-refractivity contribution >= 4 is 95.8 Å².